The standard InChI is InChI=1S/C16H27BrN2/c1-5-15(18)11-13-10-14(17)6-7-16(13)19(4)9-8-12(2)3/h6-7,10,12,15H,5,8-9,11,18H2,1-4H3. The third-order valence-electron chi connectivity index (χ3n) is 3.50. The molecule has 19 heavy (non-hydrogen) atoms. The van der Waals surface area contributed by atoms with Gasteiger partial charge in [-0.3, -0.25) is 0 Å². The van der Waals surface area contributed by atoms with E-state index in [9.17, 15) is 0 Å². The summed E-state index contributed by atoms with van der Waals surface area (Å²) in [5.41, 5.74) is 8.77. The highest BCUT2D eigenvalue weighted by Gasteiger charge is 2.11. The number of halogens is 1. The summed E-state index contributed by atoms with van der Waals surface area (Å²) in [5.74, 6) is 0.735. The molecule has 1 aromatic rings. The van der Waals surface area contributed by atoms with Gasteiger partial charge in [0, 0.05) is 29.8 Å². The average molecular weight is 327 g/mol. The van der Waals surface area contributed by atoms with Crippen LogP contribution in [0.15, 0.2) is 22.7 Å². The summed E-state index contributed by atoms with van der Waals surface area (Å²) < 4.78 is 1.13. The number of hydrogen-bond acceptors (Lipinski definition) is 2. The molecule has 0 fully saturated rings. The molecule has 1 rings (SSSR count). The van der Waals surface area contributed by atoms with Gasteiger partial charge in [0.2, 0.25) is 0 Å². The fourth-order valence-electron chi connectivity index (χ4n) is 2.09. The van der Waals surface area contributed by atoms with Crippen LogP contribution in [0, 0.1) is 5.92 Å². The van der Waals surface area contributed by atoms with Crippen molar-refractivity contribution >= 4 is 21.6 Å². The van der Waals surface area contributed by atoms with Crippen molar-refractivity contribution in [1.29, 1.82) is 0 Å². The molecule has 3 heteroatoms. The van der Waals surface area contributed by atoms with Crippen molar-refractivity contribution in [1.82, 2.24) is 0 Å². The zero-order chi connectivity index (χ0) is 14.4. The molecule has 108 valence electrons. The molecule has 0 saturated heterocycles. The summed E-state index contributed by atoms with van der Waals surface area (Å²) in [5, 5.41) is 0. The largest absolute Gasteiger partial charge is 0.374 e. The van der Waals surface area contributed by atoms with Gasteiger partial charge in [0.15, 0.2) is 0 Å². The van der Waals surface area contributed by atoms with E-state index in [1.165, 1.54) is 17.7 Å². The summed E-state index contributed by atoms with van der Waals surface area (Å²) in [6.45, 7) is 7.77. The SMILES string of the molecule is CCC(N)Cc1cc(Br)ccc1N(C)CCC(C)C. The fraction of sp³-hybridized carbons (Fsp3) is 0.625. The van der Waals surface area contributed by atoms with Gasteiger partial charge >= 0.3 is 0 Å². The lowest BCUT2D eigenvalue weighted by atomic mass is 10.0. The van der Waals surface area contributed by atoms with Crippen LogP contribution in [0.25, 0.3) is 0 Å². The van der Waals surface area contributed by atoms with Gasteiger partial charge in [0.05, 0.1) is 0 Å². The zero-order valence-electron chi connectivity index (χ0n) is 12.6. The molecule has 2 N–H and O–H groups in total. The summed E-state index contributed by atoms with van der Waals surface area (Å²) >= 11 is 3.56. The highest BCUT2D eigenvalue weighted by molar-refractivity contribution is 9.10. The minimum absolute atomic E-state index is 0.242. The molecule has 0 radical (unpaired) electrons. The van der Waals surface area contributed by atoms with Gasteiger partial charge in [0.1, 0.15) is 0 Å². The lowest BCUT2D eigenvalue weighted by Crippen LogP contribution is -2.25. The Morgan fingerprint density at radius 2 is 2.00 bits per heavy atom. The van der Waals surface area contributed by atoms with E-state index in [-0.39, 0.29) is 6.04 Å². The minimum Gasteiger partial charge on any atom is -0.374 e. The first-order valence-corrected chi connectivity index (χ1v) is 7.98. The predicted molar refractivity (Wildman–Crippen MR) is 88.8 cm³/mol. The Bertz CT molecular complexity index is 390. The molecule has 0 saturated carbocycles. The fourth-order valence-corrected chi connectivity index (χ4v) is 2.50. The lowest BCUT2D eigenvalue weighted by Gasteiger charge is -2.24. The molecule has 2 nitrogen and oxygen atoms in total. The van der Waals surface area contributed by atoms with Crippen LogP contribution >= 0.6 is 15.9 Å². The van der Waals surface area contributed by atoms with Crippen molar-refractivity contribution in [3.63, 3.8) is 0 Å². The monoisotopic (exact) mass is 326 g/mol. The second kappa shape index (κ2) is 7.91. The van der Waals surface area contributed by atoms with E-state index in [0.29, 0.717) is 0 Å². The molecule has 0 aliphatic carbocycles. The van der Waals surface area contributed by atoms with Crippen LogP contribution in [0.4, 0.5) is 5.69 Å². The average Bonchev–Trinajstić information content (AvgIpc) is 2.36. The van der Waals surface area contributed by atoms with Gasteiger partial charge in [-0.05, 0) is 48.9 Å². The molecule has 0 heterocycles. The summed E-state index contributed by atoms with van der Waals surface area (Å²) in [6.07, 6.45) is 3.17. The summed E-state index contributed by atoms with van der Waals surface area (Å²) in [6, 6.07) is 6.76. The second-order valence-corrected chi connectivity index (χ2v) is 6.67. The number of hydrogen-bond donors (Lipinski definition) is 1. The zero-order valence-corrected chi connectivity index (χ0v) is 14.2. The molecule has 0 aromatic heterocycles. The van der Waals surface area contributed by atoms with Gasteiger partial charge in [-0.2, -0.15) is 0 Å². The Morgan fingerprint density at radius 1 is 1.32 bits per heavy atom. The maximum atomic E-state index is 6.11. The van der Waals surface area contributed by atoms with E-state index in [2.05, 4.69) is 66.8 Å². The van der Waals surface area contributed by atoms with E-state index >= 15 is 0 Å². The third kappa shape index (κ3) is 5.53. The Balaban J connectivity index is 2.85. The number of nitrogens with two attached hydrogens (primary N) is 1. The van der Waals surface area contributed by atoms with Crippen LogP contribution in [0.2, 0.25) is 0 Å². The second-order valence-electron chi connectivity index (χ2n) is 5.75. The Morgan fingerprint density at radius 3 is 2.58 bits per heavy atom. The third-order valence-corrected chi connectivity index (χ3v) is 3.99. The molecule has 0 aliphatic heterocycles. The van der Waals surface area contributed by atoms with Crippen LogP contribution < -0.4 is 10.6 Å². The number of nitrogens with zero attached hydrogens (tertiary/aromatic N) is 1. The van der Waals surface area contributed by atoms with E-state index in [0.717, 1.165) is 29.8 Å². The number of rotatable bonds is 7. The summed E-state index contributed by atoms with van der Waals surface area (Å²) in [4.78, 5) is 2.35. The van der Waals surface area contributed by atoms with Gasteiger partial charge < -0.3 is 10.6 Å². The number of anilines is 1. The Labute approximate surface area is 126 Å². The van der Waals surface area contributed by atoms with Crippen LogP contribution in [-0.4, -0.2) is 19.6 Å². The molecule has 0 aliphatic rings. The van der Waals surface area contributed by atoms with Crippen LogP contribution in [0.3, 0.4) is 0 Å². The maximum Gasteiger partial charge on any atom is 0.0397 e. The van der Waals surface area contributed by atoms with Crippen LogP contribution in [0.1, 0.15) is 39.2 Å². The van der Waals surface area contributed by atoms with Gasteiger partial charge in [-0.1, -0.05) is 36.7 Å². The topological polar surface area (TPSA) is 29.3 Å². The van der Waals surface area contributed by atoms with E-state index < -0.39 is 0 Å². The molecule has 1 unspecified atom stereocenters. The number of benzene rings is 1. The van der Waals surface area contributed by atoms with Gasteiger partial charge in [0.25, 0.3) is 0 Å². The molecular formula is C16H27BrN2. The van der Waals surface area contributed by atoms with Crippen LogP contribution in [0.5, 0.6) is 0 Å². The first-order valence-electron chi connectivity index (χ1n) is 7.19. The quantitative estimate of drug-likeness (QED) is 0.813. The maximum absolute atomic E-state index is 6.11. The predicted octanol–water partition coefficient (Wildman–Crippen LogP) is 4.21. The highest BCUT2D eigenvalue weighted by atomic mass is 79.9. The van der Waals surface area contributed by atoms with E-state index in [1.54, 1.807) is 0 Å². The molecule has 0 spiro atoms. The van der Waals surface area contributed by atoms with Crippen LogP contribution in [-0.2, 0) is 6.42 Å². The molecule has 1 aromatic carbocycles. The van der Waals surface area contributed by atoms with Gasteiger partial charge in [-0.25, -0.2) is 0 Å². The lowest BCUT2D eigenvalue weighted by molar-refractivity contribution is 0.583. The van der Waals surface area contributed by atoms with Crippen molar-refractivity contribution in [2.45, 2.75) is 46.1 Å². The van der Waals surface area contributed by atoms with Crippen molar-refractivity contribution in [2.24, 2.45) is 11.7 Å². The highest BCUT2D eigenvalue weighted by Crippen LogP contribution is 2.25. The van der Waals surface area contributed by atoms with Crippen molar-refractivity contribution < 1.29 is 0 Å². The van der Waals surface area contributed by atoms with Crippen molar-refractivity contribution in [2.75, 3.05) is 18.5 Å². The summed E-state index contributed by atoms with van der Waals surface area (Å²) in [7, 11) is 2.17. The van der Waals surface area contributed by atoms with Crippen molar-refractivity contribution in [3.8, 4) is 0 Å². The first kappa shape index (κ1) is 16.5. The minimum atomic E-state index is 0.242. The first-order chi connectivity index (χ1) is 8.93. The smallest absolute Gasteiger partial charge is 0.0397 e. The molecule has 0 amide bonds. The Kier molecular flexibility index (Phi) is 6.87. The molecule has 0 bridgehead atoms. The van der Waals surface area contributed by atoms with Gasteiger partial charge in [-0.15, -0.1) is 0 Å². The van der Waals surface area contributed by atoms with Crippen molar-refractivity contribution in [3.05, 3.63) is 28.2 Å². The molecular weight excluding hydrogens is 300 g/mol. The Hall–Kier alpha value is -0.540. The van der Waals surface area contributed by atoms with E-state index in [4.69, 9.17) is 5.73 Å². The van der Waals surface area contributed by atoms with E-state index in [1.807, 2.05) is 0 Å². The molecule has 1 atom stereocenters. The normalized spacial score (nSPS) is 12.8.